The van der Waals surface area contributed by atoms with Gasteiger partial charge in [-0.3, -0.25) is 0 Å². The van der Waals surface area contributed by atoms with Crippen LogP contribution in [0.15, 0.2) is 24.3 Å². The van der Waals surface area contributed by atoms with Crippen LogP contribution in [0.4, 0.5) is 5.69 Å². The summed E-state index contributed by atoms with van der Waals surface area (Å²) in [6.07, 6.45) is 1.40. The van der Waals surface area contributed by atoms with Gasteiger partial charge in [0.1, 0.15) is 0 Å². The number of nitrogens with zero attached hydrogens (tertiary/aromatic N) is 1. The highest BCUT2D eigenvalue weighted by Gasteiger charge is 1.97. The van der Waals surface area contributed by atoms with Crippen LogP contribution in [0, 0.1) is 0 Å². The van der Waals surface area contributed by atoms with Crippen LogP contribution in [0.5, 0.6) is 0 Å². The molecule has 4 heteroatoms. The van der Waals surface area contributed by atoms with Crippen molar-refractivity contribution in [3.05, 3.63) is 29.8 Å². The van der Waals surface area contributed by atoms with E-state index in [2.05, 4.69) is 62.4 Å². The van der Waals surface area contributed by atoms with Crippen LogP contribution in [-0.4, -0.2) is 33.4 Å². The van der Waals surface area contributed by atoms with E-state index in [1.165, 1.54) is 11.3 Å². The number of hydrogen-bond donors (Lipinski definition) is 1. The Kier molecular flexibility index (Phi) is 9.66. The molecule has 0 aliphatic rings. The number of benzene rings is 1. The highest BCUT2D eigenvalue weighted by molar-refractivity contribution is 5.85. The molecule has 0 amide bonds. The first-order valence-electron chi connectivity index (χ1n) is 6.68. The van der Waals surface area contributed by atoms with E-state index in [1.807, 2.05) is 0 Å². The van der Waals surface area contributed by atoms with Crippen LogP contribution in [-0.2, 0) is 11.3 Å². The molecule has 0 fully saturated rings. The average Bonchev–Trinajstić information content (AvgIpc) is 2.34. The molecule has 19 heavy (non-hydrogen) atoms. The summed E-state index contributed by atoms with van der Waals surface area (Å²) in [7, 11) is 4.12. The number of nitrogens with one attached hydrogen (secondary N) is 1. The first kappa shape index (κ1) is 18.2. The summed E-state index contributed by atoms with van der Waals surface area (Å²) in [6.45, 7) is 6.90. The van der Waals surface area contributed by atoms with E-state index in [1.54, 1.807) is 0 Å². The molecule has 0 heterocycles. The Bertz CT molecular complexity index is 325. The Balaban J connectivity index is 0.00000324. The molecule has 0 bridgehead atoms. The zero-order valence-electron chi connectivity index (χ0n) is 12.5. The highest BCUT2D eigenvalue weighted by Crippen LogP contribution is 2.11. The summed E-state index contributed by atoms with van der Waals surface area (Å²) in [4.78, 5) is 2.11. The van der Waals surface area contributed by atoms with Crippen molar-refractivity contribution in [1.29, 1.82) is 0 Å². The van der Waals surface area contributed by atoms with Crippen LogP contribution in [0.3, 0.4) is 0 Å². The molecule has 0 atom stereocenters. The molecule has 3 nitrogen and oxygen atoms in total. The van der Waals surface area contributed by atoms with Crippen LogP contribution in [0.2, 0.25) is 0 Å². The van der Waals surface area contributed by atoms with Gasteiger partial charge < -0.3 is 15.0 Å². The van der Waals surface area contributed by atoms with Gasteiger partial charge in [0, 0.05) is 32.9 Å². The molecule has 0 aromatic heterocycles. The van der Waals surface area contributed by atoms with E-state index in [0.29, 0.717) is 6.10 Å². The number of halogens is 1. The van der Waals surface area contributed by atoms with Crippen LogP contribution < -0.4 is 10.2 Å². The molecular formula is C15H27ClN2O. The van der Waals surface area contributed by atoms with Gasteiger partial charge in [0.05, 0.1) is 6.10 Å². The molecule has 0 unspecified atom stereocenters. The summed E-state index contributed by atoms with van der Waals surface area (Å²) in [5, 5.41) is 3.43. The number of rotatable bonds is 8. The van der Waals surface area contributed by atoms with Gasteiger partial charge in [-0.15, -0.1) is 12.4 Å². The lowest BCUT2D eigenvalue weighted by molar-refractivity contribution is 0.0770. The molecule has 110 valence electrons. The van der Waals surface area contributed by atoms with E-state index in [4.69, 9.17) is 4.74 Å². The molecule has 0 aliphatic carbocycles. The molecule has 1 aromatic rings. The zero-order chi connectivity index (χ0) is 13.4. The SMILES string of the molecule is CC(C)OCCCNCc1ccc(N(C)C)cc1.Cl. The van der Waals surface area contributed by atoms with Crippen molar-refractivity contribution >= 4 is 18.1 Å². The normalized spacial score (nSPS) is 10.4. The molecule has 0 aliphatic heterocycles. The van der Waals surface area contributed by atoms with Gasteiger partial charge >= 0.3 is 0 Å². The Labute approximate surface area is 123 Å². The third-order valence-electron chi connectivity index (χ3n) is 2.73. The standard InChI is InChI=1S/C15H26N2O.ClH/c1-13(2)18-11-5-10-16-12-14-6-8-15(9-7-14)17(3)4;/h6-9,13,16H,5,10-12H2,1-4H3;1H. The Morgan fingerprint density at radius 2 is 1.79 bits per heavy atom. The van der Waals surface area contributed by atoms with Gasteiger partial charge in [0.25, 0.3) is 0 Å². The van der Waals surface area contributed by atoms with Gasteiger partial charge in [0.2, 0.25) is 0 Å². The maximum absolute atomic E-state index is 5.49. The first-order chi connectivity index (χ1) is 8.59. The number of anilines is 1. The van der Waals surface area contributed by atoms with Gasteiger partial charge in [-0.25, -0.2) is 0 Å². The molecular weight excluding hydrogens is 260 g/mol. The van der Waals surface area contributed by atoms with Crippen molar-refractivity contribution < 1.29 is 4.74 Å². The van der Waals surface area contributed by atoms with Gasteiger partial charge in [-0.05, 0) is 44.5 Å². The van der Waals surface area contributed by atoms with E-state index in [0.717, 1.165) is 26.1 Å². The van der Waals surface area contributed by atoms with Crippen LogP contribution in [0.1, 0.15) is 25.8 Å². The van der Waals surface area contributed by atoms with Crippen molar-refractivity contribution in [2.75, 3.05) is 32.1 Å². The van der Waals surface area contributed by atoms with Crippen molar-refractivity contribution in [1.82, 2.24) is 5.32 Å². The lowest BCUT2D eigenvalue weighted by Gasteiger charge is -2.13. The van der Waals surface area contributed by atoms with Crippen molar-refractivity contribution in [2.24, 2.45) is 0 Å². The molecule has 0 spiro atoms. The summed E-state index contributed by atoms with van der Waals surface area (Å²) in [5.74, 6) is 0. The monoisotopic (exact) mass is 286 g/mol. The number of hydrogen-bond acceptors (Lipinski definition) is 3. The molecule has 1 aromatic carbocycles. The van der Waals surface area contributed by atoms with Crippen molar-refractivity contribution in [2.45, 2.75) is 32.9 Å². The minimum Gasteiger partial charge on any atom is -0.379 e. The molecule has 1 N–H and O–H groups in total. The Hall–Kier alpha value is -0.770. The second-order valence-corrected chi connectivity index (χ2v) is 5.01. The van der Waals surface area contributed by atoms with E-state index in [-0.39, 0.29) is 12.4 Å². The lowest BCUT2D eigenvalue weighted by atomic mass is 10.2. The minimum absolute atomic E-state index is 0. The molecule has 0 saturated heterocycles. The van der Waals surface area contributed by atoms with Gasteiger partial charge in [-0.1, -0.05) is 12.1 Å². The molecule has 0 radical (unpaired) electrons. The fraction of sp³-hybridized carbons (Fsp3) is 0.600. The summed E-state index contributed by atoms with van der Waals surface area (Å²) < 4.78 is 5.49. The molecule has 0 saturated carbocycles. The predicted molar refractivity (Wildman–Crippen MR) is 85.4 cm³/mol. The van der Waals surface area contributed by atoms with Crippen molar-refractivity contribution in [3.8, 4) is 0 Å². The average molecular weight is 287 g/mol. The van der Waals surface area contributed by atoms with Crippen LogP contribution in [0.25, 0.3) is 0 Å². The van der Waals surface area contributed by atoms with Gasteiger partial charge in [0.15, 0.2) is 0 Å². The second-order valence-electron chi connectivity index (χ2n) is 5.01. The largest absolute Gasteiger partial charge is 0.379 e. The maximum Gasteiger partial charge on any atom is 0.0518 e. The van der Waals surface area contributed by atoms with E-state index >= 15 is 0 Å². The van der Waals surface area contributed by atoms with Crippen molar-refractivity contribution in [3.63, 3.8) is 0 Å². The highest BCUT2D eigenvalue weighted by atomic mass is 35.5. The van der Waals surface area contributed by atoms with Crippen LogP contribution >= 0.6 is 12.4 Å². The lowest BCUT2D eigenvalue weighted by Crippen LogP contribution is -2.17. The van der Waals surface area contributed by atoms with E-state index in [9.17, 15) is 0 Å². The first-order valence-corrected chi connectivity index (χ1v) is 6.68. The third kappa shape index (κ3) is 8.09. The third-order valence-corrected chi connectivity index (χ3v) is 2.73. The summed E-state index contributed by atoms with van der Waals surface area (Å²) >= 11 is 0. The minimum atomic E-state index is 0. The summed E-state index contributed by atoms with van der Waals surface area (Å²) in [6, 6.07) is 8.65. The maximum atomic E-state index is 5.49. The Morgan fingerprint density at radius 3 is 2.32 bits per heavy atom. The molecule has 1 rings (SSSR count). The smallest absolute Gasteiger partial charge is 0.0518 e. The zero-order valence-corrected chi connectivity index (χ0v) is 13.3. The quantitative estimate of drug-likeness (QED) is 0.743. The van der Waals surface area contributed by atoms with Gasteiger partial charge in [-0.2, -0.15) is 0 Å². The number of ether oxygens (including phenoxy) is 1. The Morgan fingerprint density at radius 1 is 1.16 bits per heavy atom. The topological polar surface area (TPSA) is 24.5 Å². The predicted octanol–water partition coefficient (Wildman–Crippen LogP) is 3.08. The fourth-order valence-corrected chi connectivity index (χ4v) is 1.66. The van der Waals surface area contributed by atoms with E-state index < -0.39 is 0 Å². The second kappa shape index (κ2) is 10.1. The fourth-order valence-electron chi connectivity index (χ4n) is 1.66. The summed E-state index contributed by atoms with van der Waals surface area (Å²) in [5.41, 5.74) is 2.56.